The summed E-state index contributed by atoms with van der Waals surface area (Å²) in [6, 6.07) is -0.0721. The highest BCUT2D eigenvalue weighted by Crippen LogP contribution is 2.19. The number of carbonyl (C=O) groups is 1. The van der Waals surface area contributed by atoms with Crippen LogP contribution in [0.15, 0.2) is 4.99 Å². The lowest BCUT2D eigenvalue weighted by Gasteiger charge is -2.23. The van der Waals surface area contributed by atoms with E-state index >= 15 is 0 Å². The molecule has 1 aliphatic heterocycles. The predicted molar refractivity (Wildman–Crippen MR) is 100.0 cm³/mol. The highest BCUT2D eigenvalue weighted by atomic mass is 32.2. The van der Waals surface area contributed by atoms with Gasteiger partial charge in [-0.05, 0) is 19.1 Å². The molecule has 0 aromatic heterocycles. The third-order valence-electron chi connectivity index (χ3n) is 3.72. The monoisotopic (exact) mass is 379 g/mol. The zero-order valence-corrected chi connectivity index (χ0v) is 16.5. The van der Waals surface area contributed by atoms with Gasteiger partial charge >= 0.3 is 0 Å². The van der Waals surface area contributed by atoms with Gasteiger partial charge < -0.3 is 15.5 Å². The zero-order chi connectivity index (χ0) is 18.2. The molecule has 1 heterocycles. The number of aliphatic imine (C=N–C) groups is 1. The fourth-order valence-electron chi connectivity index (χ4n) is 2.40. The summed E-state index contributed by atoms with van der Waals surface area (Å²) in [5.41, 5.74) is 0. The summed E-state index contributed by atoms with van der Waals surface area (Å²) in [6.07, 6.45) is 4.95. The number of rotatable bonds is 8. The fourth-order valence-corrected chi connectivity index (χ4v) is 3.89. The number of thioether (sulfide) groups is 1. The van der Waals surface area contributed by atoms with E-state index in [0.29, 0.717) is 19.0 Å². The molecule has 0 unspecified atom stereocenters. The number of likely N-dealkylation sites (N-methyl/N-ethyl adjacent to an activating group) is 1. The maximum atomic E-state index is 11.8. The summed E-state index contributed by atoms with van der Waals surface area (Å²) < 4.78 is 25.1. The van der Waals surface area contributed by atoms with Gasteiger partial charge in [0.25, 0.3) is 0 Å². The number of amides is 1. The maximum absolute atomic E-state index is 11.8. The molecule has 1 aliphatic rings. The van der Waals surface area contributed by atoms with Crippen LogP contribution in [0.1, 0.15) is 12.8 Å². The van der Waals surface area contributed by atoms with Gasteiger partial charge in [0.15, 0.2) is 5.96 Å². The van der Waals surface area contributed by atoms with Crippen molar-refractivity contribution >= 4 is 33.7 Å². The number of nitrogens with zero attached hydrogens (tertiary/aromatic N) is 3. The molecule has 2 N–H and O–H groups in total. The van der Waals surface area contributed by atoms with Crippen molar-refractivity contribution in [3.8, 4) is 0 Å². The molecule has 140 valence electrons. The average Bonchev–Trinajstić information content (AvgIpc) is 2.97. The molecule has 1 fully saturated rings. The molecule has 0 bridgehead atoms. The first kappa shape index (κ1) is 21.0. The van der Waals surface area contributed by atoms with Gasteiger partial charge in [0.05, 0.1) is 6.26 Å². The molecule has 8 nitrogen and oxygen atoms in total. The van der Waals surface area contributed by atoms with E-state index in [1.165, 1.54) is 15.5 Å². The van der Waals surface area contributed by atoms with Crippen molar-refractivity contribution in [1.82, 2.24) is 19.8 Å². The number of hydrogen-bond acceptors (Lipinski definition) is 5. The normalized spacial score (nSPS) is 19.3. The summed E-state index contributed by atoms with van der Waals surface area (Å²) in [7, 11) is 0.190. The molecule has 0 radical (unpaired) electrons. The Morgan fingerprint density at radius 1 is 1.38 bits per heavy atom. The van der Waals surface area contributed by atoms with Crippen LogP contribution >= 0.6 is 11.8 Å². The Kier molecular flexibility index (Phi) is 8.85. The van der Waals surface area contributed by atoms with Crippen molar-refractivity contribution in [3.05, 3.63) is 0 Å². The van der Waals surface area contributed by atoms with E-state index in [1.54, 1.807) is 25.9 Å². The molecule has 24 heavy (non-hydrogen) atoms. The summed E-state index contributed by atoms with van der Waals surface area (Å²) in [4.78, 5) is 17.5. The van der Waals surface area contributed by atoms with E-state index in [9.17, 15) is 13.2 Å². The Labute approximate surface area is 149 Å². The molecular weight excluding hydrogens is 350 g/mol. The van der Waals surface area contributed by atoms with Crippen LogP contribution in [0, 0.1) is 0 Å². The standard InChI is InChI=1S/C14H29N5O3S2/c1-18(2)13(20)11-17-14(15-7-9-23-3)16-10-12-6-5-8-19(12)24(4,21)22/h12H,5-11H2,1-4H3,(H2,15,16,17)/t12-/m1/s1. The van der Waals surface area contributed by atoms with Gasteiger partial charge in [-0.2, -0.15) is 16.1 Å². The number of hydrogen-bond donors (Lipinski definition) is 2. The van der Waals surface area contributed by atoms with Crippen LogP contribution < -0.4 is 10.6 Å². The first-order valence-electron chi connectivity index (χ1n) is 7.93. The SMILES string of the molecule is CSCCNC(=NCC(=O)N(C)C)NC[C@H]1CCCN1S(C)(=O)=O. The van der Waals surface area contributed by atoms with Crippen molar-refractivity contribution in [3.63, 3.8) is 0 Å². The largest absolute Gasteiger partial charge is 0.356 e. The quantitative estimate of drug-likeness (QED) is 0.332. The van der Waals surface area contributed by atoms with Crippen molar-refractivity contribution in [2.24, 2.45) is 4.99 Å². The lowest BCUT2D eigenvalue weighted by Crippen LogP contribution is -2.47. The number of carbonyl (C=O) groups excluding carboxylic acids is 1. The molecule has 1 rings (SSSR count). The van der Waals surface area contributed by atoms with Gasteiger partial charge in [-0.25, -0.2) is 13.4 Å². The molecule has 1 atom stereocenters. The van der Waals surface area contributed by atoms with Gasteiger partial charge in [-0.1, -0.05) is 0 Å². The van der Waals surface area contributed by atoms with E-state index in [2.05, 4.69) is 15.6 Å². The van der Waals surface area contributed by atoms with Crippen LogP contribution in [0.2, 0.25) is 0 Å². The number of guanidine groups is 1. The van der Waals surface area contributed by atoms with E-state index in [-0.39, 0.29) is 18.5 Å². The van der Waals surface area contributed by atoms with E-state index in [0.717, 1.165) is 25.1 Å². The lowest BCUT2D eigenvalue weighted by atomic mass is 10.2. The van der Waals surface area contributed by atoms with Crippen molar-refractivity contribution in [2.45, 2.75) is 18.9 Å². The first-order valence-corrected chi connectivity index (χ1v) is 11.2. The minimum absolute atomic E-state index is 0.0576. The minimum atomic E-state index is -3.19. The smallest absolute Gasteiger partial charge is 0.243 e. The van der Waals surface area contributed by atoms with Crippen LogP contribution in [0.4, 0.5) is 0 Å². The first-order chi connectivity index (χ1) is 11.3. The van der Waals surface area contributed by atoms with Gasteiger partial charge in [0.2, 0.25) is 15.9 Å². The highest BCUT2D eigenvalue weighted by molar-refractivity contribution is 7.98. The Bertz CT molecular complexity index is 537. The fraction of sp³-hybridized carbons (Fsp3) is 0.857. The summed E-state index contributed by atoms with van der Waals surface area (Å²) in [5, 5.41) is 6.34. The molecule has 0 aromatic carbocycles. The average molecular weight is 380 g/mol. The molecule has 10 heteroatoms. The van der Waals surface area contributed by atoms with Gasteiger partial charge in [-0.15, -0.1) is 0 Å². The van der Waals surface area contributed by atoms with Crippen LogP contribution in [0.5, 0.6) is 0 Å². The van der Waals surface area contributed by atoms with Crippen molar-refractivity contribution in [1.29, 1.82) is 0 Å². The topological polar surface area (TPSA) is 94.1 Å². The molecule has 1 saturated heterocycles. The second-order valence-electron chi connectivity index (χ2n) is 5.92. The van der Waals surface area contributed by atoms with Crippen LogP contribution in [0.25, 0.3) is 0 Å². The molecule has 0 saturated carbocycles. The second-order valence-corrected chi connectivity index (χ2v) is 8.84. The molecule has 1 amide bonds. The maximum Gasteiger partial charge on any atom is 0.243 e. The molecule has 0 aromatic rings. The van der Waals surface area contributed by atoms with E-state index in [4.69, 9.17) is 0 Å². The highest BCUT2D eigenvalue weighted by Gasteiger charge is 2.31. The zero-order valence-electron chi connectivity index (χ0n) is 14.9. The van der Waals surface area contributed by atoms with Gasteiger partial charge in [0, 0.05) is 45.5 Å². The lowest BCUT2D eigenvalue weighted by molar-refractivity contribution is -0.127. The van der Waals surface area contributed by atoms with Crippen LogP contribution in [0.3, 0.4) is 0 Å². The Balaban J connectivity index is 2.63. The number of nitrogens with one attached hydrogen (secondary N) is 2. The third kappa shape index (κ3) is 7.27. The Hall–Kier alpha value is -1.00. The van der Waals surface area contributed by atoms with Crippen molar-refractivity contribution < 1.29 is 13.2 Å². The summed E-state index contributed by atoms with van der Waals surface area (Å²) in [6.45, 7) is 1.83. The van der Waals surface area contributed by atoms with E-state index < -0.39 is 10.0 Å². The molecule has 0 spiro atoms. The molecular formula is C14H29N5O3S2. The Morgan fingerprint density at radius 3 is 2.67 bits per heavy atom. The van der Waals surface area contributed by atoms with Crippen LogP contribution in [-0.2, 0) is 14.8 Å². The van der Waals surface area contributed by atoms with Gasteiger partial charge in [0.1, 0.15) is 6.54 Å². The number of sulfonamides is 1. The summed E-state index contributed by atoms with van der Waals surface area (Å²) in [5.74, 6) is 1.38. The second kappa shape index (κ2) is 10.1. The van der Waals surface area contributed by atoms with Crippen molar-refractivity contribution in [2.75, 3.05) is 58.5 Å². The van der Waals surface area contributed by atoms with E-state index in [1.807, 2.05) is 6.26 Å². The summed E-state index contributed by atoms with van der Waals surface area (Å²) >= 11 is 1.71. The van der Waals surface area contributed by atoms with Crippen LogP contribution in [-0.4, -0.2) is 94.1 Å². The molecule has 0 aliphatic carbocycles. The Morgan fingerprint density at radius 2 is 2.08 bits per heavy atom. The third-order valence-corrected chi connectivity index (χ3v) is 5.67. The predicted octanol–water partition coefficient (Wildman–Crippen LogP) is -0.603. The minimum Gasteiger partial charge on any atom is -0.356 e. The van der Waals surface area contributed by atoms with Gasteiger partial charge in [-0.3, -0.25) is 4.79 Å².